The number of aliphatic imine (C=N–C) groups is 1. The molecule has 1 fully saturated rings. The van der Waals surface area contributed by atoms with Crippen LogP contribution >= 0.6 is 35.6 Å². The van der Waals surface area contributed by atoms with Gasteiger partial charge in [0.1, 0.15) is 5.75 Å². The maximum Gasteiger partial charge on any atom is 0.387 e. The van der Waals surface area contributed by atoms with E-state index in [4.69, 9.17) is 16.3 Å². The highest BCUT2D eigenvalue weighted by atomic mass is 127. The molecular formula is C18H28ClF2IN4O2. The molecule has 10 heteroatoms. The van der Waals surface area contributed by atoms with Gasteiger partial charge in [0.15, 0.2) is 5.96 Å². The molecule has 0 aliphatic carbocycles. The van der Waals surface area contributed by atoms with Crippen molar-refractivity contribution in [1.29, 1.82) is 0 Å². The van der Waals surface area contributed by atoms with Gasteiger partial charge in [-0.05, 0) is 32.0 Å². The van der Waals surface area contributed by atoms with E-state index >= 15 is 0 Å². The average Bonchev–Trinajstić information content (AvgIpc) is 2.64. The number of halogens is 4. The van der Waals surface area contributed by atoms with Crippen molar-refractivity contribution in [3.05, 3.63) is 28.8 Å². The Balaban J connectivity index is 0.00000392. The molecule has 0 aromatic heterocycles. The van der Waals surface area contributed by atoms with Crippen LogP contribution in [0.15, 0.2) is 23.2 Å². The minimum atomic E-state index is -2.89. The third-order valence-corrected chi connectivity index (χ3v) is 4.70. The molecule has 6 nitrogen and oxygen atoms in total. The Morgan fingerprint density at radius 3 is 2.61 bits per heavy atom. The first-order valence-electron chi connectivity index (χ1n) is 8.82. The second-order valence-electron chi connectivity index (χ2n) is 6.82. The molecule has 1 aliphatic heterocycles. The summed E-state index contributed by atoms with van der Waals surface area (Å²) in [4.78, 5) is 6.56. The van der Waals surface area contributed by atoms with Crippen LogP contribution in [0.25, 0.3) is 0 Å². The number of rotatable bonds is 7. The van der Waals surface area contributed by atoms with Gasteiger partial charge in [0.05, 0.1) is 13.2 Å². The van der Waals surface area contributed by atoms with Crippen LogP contribution in [0, 0.1) is 0 Å². The van der Waals surface area contributed by atoms with Gasteiger partial charge in [-0.1, -0.05) is 11.6 Å². The molecule has 2 N–H and O–H groups in total. The topological polar surface area (TPSA) is 58.1 Å². The lowest BCUT2D eigenvalue weighted by molar-refractivity contribution is -0.0504. The summed E-state index contributed by atoms with van der Waals surface area (Å²) in [6.07, 6.45) is 0. The summed E-state index contributed by atoms with van der Waals surface area (Å²) in [7, 11) is 1.66. The fourth-order valence-corrected chi connectivity index (χ4v) is 3.07. The second kappa shape index (κ2) is 11.9. The van der Waals surface area contributed by atoms with Crippen molar-refractivity contribution in [2.45, 2.75) is 32.5 Å². The molecule has 2 rings (SSSR count). The van der Waals surface area contributed by atoms with Crippen LogP contribution in [0.3, 0.4) is 0 Å². The zero-order valence-corrected chi connectivity index (χ0v) is 19.4. The minimum Gasteiger partial charge on any atom is -0.434 e. The van der Waals surface area contributed by atoms with Crippen molar-refractivity contribution >= 4 is 41.5 Å². The molecule has 0 saturated carbocycles. The summed E-state index contributed by atoms with van der Waals surface area (Å²) < 4.78 is 35.1. The number of morpholine rings is 1. The monoisotopic (exact) mass is 532 g/mol. The van der Waals surface area contributed by atoms with E-state index in [9.17, 15) is 8.78 Å². The van der Waals surface area contributed by atoms with Crippen LogP contribution < -0.4 is 15.4 Å². The Hall–Kier alpha value is -0.910. The van der Waals surface area contributed by atoms with Crippen molar-refractivity contribution in [2.24, 2.45) is 4.99 Å². The quantitative estimate of drug-likeness (QED) is 0.321. The zero-order chi connectivity index (χ0) is 19.9. The van der Waals surface area contributed by atoms with Gasteiger partial charge in [-0.25, -0.2) is 0 Å². The van der Waals surface area contributed by atoms with Gasteiger partial charge < -0.3 is 20.1 Å². The lowest BCUT2D eigenvalue weighted by atomic mass is 10.0. The predicted octanol–water partition coefficient (Wildman–Crippen LogP) is 3.34. The van der Waals surface area contributed by atoms with Gasteiger partial charge in [0, 0.05) is 49.4 Å². The summed E-state index contributed by atoms with van der Waals surface area (Å²) in [5.74, 6) is 0.658. The third kappa shape index (κ3) is 7.84. The molecule has 0 bridgehead atoms. The van der Waals surface area contributed by atoms with Gasteiger partial charge in [-0.15, -0.1) is 24.0 Å². The van der Waals surface area contributed by atoms with E-state index in [0.29, 0.717) is 23.1 Å². The fraction of sp³-hybridized carbons (Fsp3) is 0.611. The van der Waals surface area contributed by atoms with Gasteiger partial charge in [0.2, 0.25) is 0 Å². The molecule has 1 aromatic carbocycles. The van der Waals surface area contributed by atoms with Crippen molar-refractivity contribution in [3.63, 3.8) is 0 Å². The second-order valence-corrected chi connectivity index (χ2v) is 7.26. The first-order valence-corrected chi connectivity index (χ1v) is 9.20. The highest BCUT2D eigenvalue weighted by molar-refractivity contribution is 14.0. The lowest BCUT2D eigenvalue weighted by Gasteiger charge is -2.41. The number of nitrogens with one attached hydrogen (secondary N) is 2. The predicted molar refractivity (Wildman–Crippen MR) is 118 cm³/mol. The lowest BCUT2D eigenvalue weighted by Crippen LogP contribution is -2.56. The maximum atomic E-state index is 12.6. The number of ether oxygens (including phenoxy) is 2. The molecule has 1 aromatic rings. The Labute approximate surface area is 187 Å². The van der Waals surface area contributed by atoms with E-state index in [0.717, 1.165) is 26.3 Å². The van der Waals surface area contributed by atoms with Crippen LogP contribution in [0.4, 0.5) is 8.78 Å². The van der Waals surface area contributed by atoms with E-state index in [1.807, 2.05) is 0 Å². The SMILES string of the molecule is CN=C(NCc1cc(Cl)ccc1OC(F)F)NCC(C)(C)N1CCOCC1.I. The molecule has 1 aliphatic rings. The number of nitrogens with zero attached hydrogens (tertiary/aromatic N) is 2. The largest absolute Gasteiger partial charge is 0.434 e. The summed E-state index contributed by atoms with van der Waals surface area (Å²) >= 11 is 5.98. The van der Waals surface area contributed by atoms with Gasteiger partial charge in [-0.2, -0.15) is 8.78 Å². The van der Waals surface area contributed by atoms with E-state index in [1.165, 1.54) is 12.1 Å². The summed E-state index contributed by atoms with van der Waals surface area (Å²) in [6, 6.07) is 4.54. The standard InChI is InChI=1S/C18H27ClF2N4O2.HI/c1-18(2,25-6-8-26-9-7-25)12-24-17(22-3)23-11-13-10-14(19)4-5-15(13)27-16(20)21;/h4-5,10,16H,6-9,11-12H2,1-3H3,(H2,22,23,24);1H. The number of hydrogen-bond donors (Lipinski definition) is 2. The maximum absolute atomic E-state index is 12.6. The van der Waals surface area contributed by atoms with Crippen molar-refractivity contribution in [2.75, 3.05) is 39.9 Å². The van der Waals surface area contributed by atoms with Crippen molar-refractivity contribution < 1.29 is 18.3 Å². The van der Waals surface area contributed by atoms with E-state index in [2.05, 4.69) is 39.1 Å². The summed E-state index contributed by atoms with van der Waals surface area (Å²) in [6.45, 7) is 5.58. The molecule has 0 atom stereocenters. The third-order valence-electron chi connectivity index (χ3n) is 4.46. The molecule has 0 spiro atoms. The molecule has 0 unspecified atom stereocenters. The Bertz CT molecular complexity index is 644. The fourth-order valence-electron chi connectivity index (χ4n) is 2.88. The van der Waals surface area contributed by atoms with Crippen molar-refractivity contribution in [3.8, 4) is 5.75 Å². The summed E-state index contributed by atoms with van der Waals surface area (Å²) in [5, 5.41) is 6.85. The molecule has 1 heterocycles. The normalized spacial score (nSPS) is 15.9. The van der Waals surface area contributed by atoms with Crippen LogP contribution in [0.2, 0.25) is 5.02 Å². The molecule has 1 saturated heterocycles. The smallest absolute Gasteiger partial charge is 0.387 e. The highest BCUT2D eigenvalue weighted by Gasteiger charge is 2.28. The number of benzene rings is 1. The van der Waals surface area contributed by atoms with Crippen LogP contribution in [0.1, 0.15) is 19.4 Å². The van der Waals surface area contributed by atoms with Gasteiger partial charge in [-0.3, -0.25) is 9.89 Å². The molecular weight excluding hydrogens is 505 g/mol. The molecule has 160 valence electrons. The first kappa shape index (κ1) is 25.1. The summed E-state index contributed by atoms with van der Waals surface area (Å²) in [5.41, 5.74) is 0.444. The first-order chi connectivity index (χ1) is 12.8. The Morgan fingerprint density at radius 2 is 2.00 bits per heavy atom. The van der Waals surface area contributed by atoms with Crippen LogP contribution in [-0.4, -0.2) is 62.9 Å². The Kier molecular flexibility index (Phi) is 10.7. The van der Waals surface area contributed by atoms with Crippen molar-refractivity contribution in [1.82, 2.24) is 15.5 Å². The van der Waals surface area contributed by atoms with E-state index < -0.39 is 6.61 Å². The van der Waals surface area contributed by atoms with Crippen LogP contribution in [0.5, 0.6) is 5.75 Å². The zero-order valence-electron chi connectivity index (χ0n) is 16.3. The molecule has 28 heavy (non-hydrogen) atoms. The number of guanidine groups is 1. The minimum absolute atomic E-state index is 0. The number of alkyl halides is 2. The number of hydrogen-bond acceptors (Lipinski definition) is 4. The van der Waals surface area contributed by atoms with E-state index in [1.54, 1.807) is 13.1 Å². The van der Waals surface area contributed by atoms with Gasteiger partial charge >= 0.3 is 6.61 Å². The van der Waals surface area contributed by atoms with Crippen LogP contribution in [-0.2, 0) is 11.3 Å². The average molecular weight is 533 g/mol. The highest BCUT2D eigenvalue weighted by Crippen LogP contribution is 2.24. The Morgan fingerprint density at radius 1 is 1.32 bits per heavy atom. The van der Waals surface area contributed by atoms with Gasteiger partial charge in [0.25, 0.3) is 0 Å². The van der Waals surface area contributed by atoms with E-state index in [-0.39, 0.29) is 41.8 Å². The molecule has 0 radical (unpaired) electrons. The molecule has 0 amide bonds.